The third kappa shape index (κ3) is 7.61. The Bertz CT molecular complexity index is 306. The number of carboxylic acids is 2. The van der Waals surface area contributed by atoms with Gasteiger partial charge in [-0.15, -0.1) is 0 Å². The number of carbonyl (C=O) groups is 3. The van der Waals surface area contributed by atoms with Crippen molar-refractivity contribution in [3.05, 3.63) is 0 Å². The molecule has 0 aliphatic carbocycles. The number of hydrogen-bond donors (Lipinski definition) is 4. The van der Waals surface area contributed by atoms with Crippen LogP contribution in [0.15, 0.2) is 0 Å². The number of rotatable bonds is 9. The van der Waals surface area contributed by atoms with Crippen molar-refractivity contribution in [1.29, 1.82) is 0 Å². The van der Waals surface area contributed by atoms with Gasteiger partial charge in [-0.2, -0.15) is 0 Å². The second-order valence-corrected chi connectivity index (χ2v) is 4.05. The Labute approximate surface area is 106 Å². The molecule has 0 aromatic heterocycles. The molecule has 0 fully saturated rings. The van der Waals surface area contributed by atoms with Crippen LogP contribution in [-0.4, -0.2) is 46.7 Å². The normalized spacial score (nSPS) is 13.7. The lowest BCUT2D eigenvalue weighted by Gasteiger charge is -2.16. The smallest absolute Gasteiger partial charge is 0.326 e. The van der Waals surface area contributed by atoms with E-state index in [0.29, 0.717) is 0 Å². The van der Waals surface area contributed by atoms with Gasteiger partial charge in [-0.25, -0.2) is 4.79 Å². The minimum Gasteiger partial charge on any atom is -0.481 e. The Morgan fingerprint density at radius 2 is 1.83 bits per heavy atom. The van der Waals surface area contributed by atoms with E-state index in [1.54, 1.807) is 0 Å². The van der Waals surface area contributed by atoms with Crippen molar-refractivity contribution in [2.45, 2.75) is 45.2 Å². The first-order valence-corrected chi connectivity index (χ1v) is 5.84. The van der Waals surface area contributed by atoms with Crippen molar-refractivity contribution in [3.8, 4) is 0 Å². The van der Waals surface area contributed by atoms with E-state index in [1.165, 1.54) is 0 Å². The quantitative estimate of drug-likeness (QED) is 0.456. The minimum absolute atomic E-state index is 0.0519. The summed E-state index contributed by atoms with van der Waals surface area (Å²) in [4.78, 5) is 32.7. The first-order chi connectivity index (χ1) is 8.36. The average Bonchev–Trinajstić information content (AvgIpc) is 2.23. The molecule has 2 unspecified atom stereocenters. The highest BCUT2D eigenvalue weighted by Crippen LogP contribution is 2.00. The molecule has 0 saturated carbocycles. The summed E-state index contributed by atoms with van der Waals surface area (Å²) in [5.74, 6) is -2.71. The van der Waals surface area contributed by atoms with Gasteiger partial charge in [-0.1, -0.05) is 6.92 Å². The molecule has 104 valence electrons. The summed E-state index contributed by atoms with van der Waals surface area (Å²) in [6, 6.07) is -1.20. The van der Waals surface area contributed by atoms with Crippen molar-refractivity contribution in [1.82, 2.24) is 10.6 Å². The Balaban J connectivity index is 4.19. The zero-order chi connectivity index (χ0) is 14.1. The second-order valence-electron chi connectivity index (χ2n) is 4.05. The lowest BCUT2D eigenvalue weighted by Crippen LogP contribution is -2.43. The van der Waals surface area contributed by atoms with E-state index in [9.17, 15) is 14.4 Å². The van der Waals surface area contributed by atoms with Crippen LogP contribution in [0.3, 0.4) is 0 Å². The highest BCUT2D eigenvalue weighted by atomic mass is 16.4. The fourth-order valence-corrected chi connectivity index (χ4v) is 1.48. The molecular weight excluding hydrogens is 240 g/mol. The lowest BCUT2D eigenvalue weighted by molar-refractivity contribution is -0.143. The van der Waals surface area contributed by atoms with Gasteiger partial charge in [-0.3, -0.25) is 9.59 Å². The van der Waals surface area contributed by atoms with Crippen molar-refractivity contribution in [3.63, 3.8) is 0 Å². The molecule has 0 rings (SSSR count). The van der Waals surface area contributed by atoms with Crippen LogP contribution in [-0.2, 0) is 14.4 Å². The molecule has 0 aromatic carbocycles. The number of nitrogens with one attached hydrogen (secondary N) is 2. The van der Waals surface area contributed by atoms with Crippen molar-refractivity contribution in [2.75, 3.05) is 6.54 Å². The second kappa shape index (κ2) is 8.46. The van der Waals surface area contributed by atoms with E-state index in [0.717, 1.165) is 6.54 Å². The van der Waals surface area contributed by atoms with Crippen LogP contribution in [0.4, 0.5) is 0 Å². The number of carboxylic acid groups (broad SMARTS) is 2. The maximum Gasteiger partial charge on any atom is 0.326 e. The van der Waals surface area contributed by atoms with E-state index in [1.807, 2.05) is 13.8 Å². The molecule has 7 heteroatoms. The van der Waals surface area contributed by atoms with Crippen LogP contribution >= 0.6 is 0 Å². The summed E-state index contributed by atoms with van der Waals surface area (Å²) < 4.78 is 0. The van der Waals surface area contributed by atoms with Gasteiger partial charge in [0.25, 0.3) is 0 Å². The van der Waals surface area contributed by atoms with Gasteiger partial charge >= 0.3 is 11.9 Å². The first-order valence-electron chi connectivity index (χ1n) is 5.84. The van der Waals surface area contributed by atoms with E-state index in [4.69, 9.17) is 10.2 Å². The van der Waals surface area contributed by atoms with Crippen LogP contribution in [0.25, 0.3) is 0 Å². The fourth-order valence-electron chi connectivity index (χ4n) is 1.48. The Kier molecular flexibility index (Phi) is 7.69. The van der Waals surface area contributed by atoms with Crippen LogP contribution in [0.5, 0.6) is 0 Å². The number of aliphatic carboxylic acids is 2. The lowest BCUT2D eigenvalue weighted by atomic mass is 10.1. The number of carbonyl (C=O) groups excluding carboxylic acids is 1. The number of hydrogen-bond acceptors (Lipinski definition) is 4. The average molecular weight is 260 g/mol. The molecule has 0 aliphatic rings. The third-order valence-corrected chi connectivity index (χ3v) is 2.32. The molecule has 4 N–H and O–H groups in total. The van der Waals surface area contributed by atoms with Crippen LogP contribution < -0.4 is 10.6 Å². The summed E-state index contributed by atoms with van der Waals surface area (Å²) in [7, 11) is 0. The van der Waals surface area contributed by atoms with Crippen LogP contribution in [0.2, 0.25) is 0 Å². The summed E-state index contributed by atoms with van der Waals surface area (Å²) in [5.41, 5.74) is 0. The minimum atomic E-state index is -1.22. The van der Waals surface area contributed by atoms with Crippen molar-refractivity contribution in [2.24, 2.45) is 0 Å². The zero-order valence-electron chi connectivity index (χ0n) is 10.6. The van der Waals surface area contributed by atoms with Gasteiger partial charge < -0.3 is 20.8 Å². The van der Waals surface area contributed by atoms with Crippen LogP contribution in [0, 0.1) is 0 Å². The summed E-state index contributed by atoms with van der Waals surface area (Å²) in [6.07, 6.45) is -0.253. The van der Waals surface area contributed by atoms with Crippen molar-refractivity contribution < 1.29 is 24.6 Å². The first kappa shape index (κ1) is 16.4. The molecule has 7 nitrogen and oxygen atoms in total. The van der Waals surface area contributed by atoms with E-state index < -0.39 is 23.9 Å². The van der Waals surface area contributed by atoms with Crippen molar-refractivity contribution >= 4 is 17.8 Å². The van der Waals surface area contributed by atoms with Gasteiger partial charge in [0.1, 0.15) is 6.04 Å². The molecule has 2 atom stereocenters. The van der Waals surface area contributed by atoms with E-state index in [2.05, 4.69) is 10.6 Å². The molecule has 0 bridgehead atoms. The highest BCUT2D eigenvalue weighted by molar-refractivity contribution is 5.84. The highest BCUT2D eigenvalue weighted by Gasteiger charge is 2.21. The van der Waals surface area contributed by atoms with Gasteiger partial charge in [0, 0.05) is 18.9 Å². The molecule has 18 heavy (non-hydrogen) atoms. The summed E-state index contributed by atoms with van der Waals surface area (Å²) in [5, 5.41) is 22.7. The molecule has 0 aromatic rings. The predicted molar refractivity (Wildman–Crippen MR) is 64.2 cm³/mol. The SMILES string of the molecule is CCNC(C)CC(=O)NC(CCC(=O)O)C(=O)O. The fraction of sp³-hybridized carbons (Fsp3) is 0.727. The third-order valence-electron chi connectivity index (χ3n) is 2.32. The van der Waals surface area contributed by atoms with Gasteiger partial charge in [0.15, 0.2) is 0 Å². The maximum atomic E-state index is 11.5. The summed E-state index contributed by atoms with van der Waals surface area (Å²) >= 11 is 0. The molecule has 0 heterocycles. The van der Waals surface area contributed by atoms with Gasteiger partial charge in [0.2, 0.25) is 5.91 Å². The molecule has 0 aliphatic heterocycles. The Morgan fingerprint density at radius 1 is 1.22 bits per heavy atom. The predicted octanol–water partition coefficient (Wildman–Crippen LogP) is -0.191. The largest absolute Gasteiger partial charge is 0.481 e. The topological polar surface area (TPSA) is 116 Å². The van der Waals surface area contributed by atoms with E-state index >= 15 is 0 Å². The standard InChI is InChI=1S/C11H20N2O5/c1-3-12-7(2)6-9(14)13-8(11(17)18)4-5-10(15)16/h7-8,12H,3-6H2,1-2H3,(H,13,14)(H,15,16)(H,17,18). The van der Waals surface area contributed by atoms with Gasteiger partial charge in [-0.05, 0) is 19.9 Å². The molecule has 0 spiro atoms. The van der Waals surface area contributed by atoms with Crippen LogP contribution in [0.1, 0.15) is 33.1 Å². The molecule has 0 saturated heterocycles. The van der Waals surface area contributed by atoms with E-state index in [-0.39, 0.29) is 25.3 Å². The number of amides is 1. The zero-order valence-corrected chi connectivity index (χ0v) is 10.6. The monoisotopic (exact) mass is 260 g/mol. The summed E-state index contributed by atoms with van der Waals surface area (Å²) in [6.45, 7) is 4.44. The van der Waals surface area contributed by atoms with Gasteiger partial charge in [0.05, 0.1) is 0 Å². The molecular formula is C11H20N2O5. The molecule has 1 amide bonds. The Morgan fingerprint density at radius 3 is 2.28 bits per heavy atom. The molecule has 0 radical (unpaired) electrons. The maximum absolute atomic E-state index is 11.5. The Hall–Kier alpha value is -1.63.